The minimum atomic E-state index is -0.803. The fourth-order valence-electron chi connectivity index (χ4n) is 3.66. The van der Waals surface area contributed by atoms with Crippen LogP contribution in [0.3, 0.4) is 0 Å². The van der Waals surface area contributed by atoms with E-state index >= 15 is 0 Å². The van der Waals surface area contributed by atoms with E-state index in [4.69, 9.17) is 4.74 Å². The minimum absolute atomic E-state index is 0.109. The van der Waals surface area contributed by atoms with Crippen LogP contribution < -0.4 is 10.1 Å². The molecule has 0 bridgehead atoms. The molecule has 7 nitrogen and oxygen atoms in total. The molecule has 28 heavy (non-hydrogen) atoms. The number of benzene rings is 1. The maximum Gasteiger partial charge on any atom is 0.273 e. The van der Waals surface area contributed by atoms with Crippen molar-refractivity contribution in [3.63, 3.8) is 0 Å². The molecule has 1 aliphatic carbocycles. The molecule has 0 saturated heterocycles. The molecule has 2 aromatic rings. The first-order valence-electron chi connectivity index (χ1n) is 10.1. The molecule has 0 spiro atoms. The summed E-state index contributed by atoms with van der Waals surface area (Å²) in [6.07, 6.45) is 5.32. The van der Waals surface area contributed by atoms with Crippen molar-refractivity contribution >= 4 is 5.91 Å². The zero-order valence-electron chi connectivity index (χ0n) is 16.9. The lowest BCUT2D eigenvalue weighted by Gasteiger charge is -2.32. The van der Waals surface area contributed by atoms with Crippen LogP contribution in [-0.4, -0.2) is 44.3 Å². The molecule has 0 atom stereocenters. The Morgan fingerprint density at radius 2 is 1.93 bits per heavy atom. The lowest BCUT2D eigenvalue weighted by atomic mass is 9.85. The first-order chi connectivity index (χ1) is 13.4. The molecule has 1 amide bonds. The Morgan fingerprint density at radius 3 is 2.54 bits per heavy atom. The summed E-state index contributed by atoms with van der Waals surface area (Å²) in [5.41, 5.74) is 1.07. The predicted octanol–water partition coefficient (Wildman–Crippen LogP) is 3.04. The van der Waals surface area contributed by atoms with Crippen molar-refractivity contribution < 1.29 is 14.6 Å². The average Bonchev–Trinajstić information content (AvgIpc) is 3.11. The van der Waals surface area contributed by atoms with Crippen LogP contribution in [-0.2, 0) is 6.42 Å². The number of nitrogens with zero attached hydrogens (tertiary/aromatic N) is 3. The minimum Gasteiger partial charge on any atom is -0.491 e. The van der Waals surface area contributed by atoms with Crippen LogP contribution in [0.4, 0.5) is 0 Å². The highest BCUT2D eigenvalue weighted by atomic mass is 16.5. The van der Waals surface area contributed by atoms with Crippen molar-refractivity contribution in [3.8, 4) is 11.4 Å². The van der Waals surface area contributed by atoms with Gasteiger partial charge in [-0.15, -0.1) is 5.10 Å². The van der Waals surface area contributed by atoms with Gasteiger partial charge < -0.3 is 15.2 Å². The van der Waals surface area contributed by atoms with Gasteiger partial charge in [-0.25, -0.2) is 4.68 Å². The monoisotopic (exact) mass is 386 g/mol. The molecular formula is C21H30N4O3. The molecule has 2 N–H and O–H groups in total. The molecule has 1 aromatic carbocycles. The van der Waals surface area contributed by atoms with Gasteiger partial charge in [-0.1, -0.05) is 31.4 Å². The second-order valence-corrected chi connectivity index (χ2v) is 7.78. The van der Waals surface area contributed by atoms with Crippen molar-refractivity contribution in [1.29, 1.82) is 0 Å². The van der Waals surface area contributed by atoms with Crippen LogP contribution in [0.15, 0.2) is 24.3 Å². The van der Waals surface area contributed by atoms with Crippen LogP contribution in [0.5, 0.6) is 5.75 Å². The van der Waals surface area contributed by atoms with Gasteiger partial charge in [-0.2, -0.15) is 0 Å². The highest BCUT2D eigenvalue weighted by Gasteiger charge is 2.30. The third-order valence-electron chi connectivity index (χ3n) is 5.13. The summed E-state index contributed by atoms with van der Waals surface area (Å²) in [5, 5.41) is 21.7. The zero-order chi connectivity index (χ0) is 20.1. The number of aromatic nitrogens is 3. The van der Waals surface area contributed by atoms with Gasteiger partial charge in [-0.3, -0.25) is 4.79 Å². The van der Waals surface area contributed by atoms with Gasteiger partial charge in [0.2, 0.25) is 0 Å². The second-order valence-electron chi connectivity index (χ2n) is 7.78. The van der Waals surface area contributed by atoms with Gasteiger partial charge in [0.1, 0.15) is 5.75 Å². The molecule has 3 rings (SSSR count). The topological polar surface area (TPSA) is 89.3 Å². The van der Waals surface area contributed by atoms with Crippen molar-refractivity contribution in [3.05, 3.63) is 35.7 Å². The Morgan fingerprint density at radius 1 is 1.25 bits per heavy atom. The van der Waals surface area contributed by atoms with E-state index in [1.807, 2.05) is 45.0 Å². The summed E-state index contributed by atoms with van der Waals surface area (Å²) in [6.45, 7) is 6.18. The van der Waals surface area contributed by atoms with E-state index in [1.165, 1.54) is 0 Å². The first-order valence-corrected chi connectivity index (χ1v) is 10.1. The van der Waals surface area contributed by atoms with E-state index < -0.39 is 5.60 Å². The molecule has 7 heteroatoms. The molecule has 1 fully saturated rings. The van der Waals surface area contributed by atoms with E-state index in [2.05, 4.69) is 15.6 Å². The van der Waals surface area contributed by atoms with Crippen LogP contribution in [0.25, 0.3) is 5.69 Å². The maximum atomic E-state index is 12.7. The summed E-state index contributed by atoms with van der Waals surface area (Å²) < 4.78 is 7.35. The number of nitrogens with one attached hydrogen (secondary N) is 1. The number of amides is 1. The molecule has 0 aliphatic heterocycles. The Bertz CT molecular complexity index is 792. The van der Waals surface area contributed by atoms with Crippen molar-refractivity contribution in [1.82, 2.24) is 20.3 Å². The molecule has 1 saturated carbocycles. The molecule has 1 aliphatic rings. The molecule has 152 valence electrons. The summed E-state index contributed by atoms with van der Waals surface area (Å²) in [5.74, 6) is 0.498. The van der Waals surface area contributed by atoms with Crippen LogP contribution in [0.2, 0.25) is 0 Å². The number of carbonyl (C=O) groups excluding carboxylic acids is 1. The van der Waals surface area contributed by atoms with E-state index in [0.29, 0.717) is 12.1 Å². The maximum absolute atomic E-state index is 12.7. The molecular weight excluding hydrogens is 356 g/mol. The van der Waals surface area contributed by atoms with Gasteiger partial charge in [0.25, 0.3) is 5.91 Å². The quantitative estimate of drug-likeness (QED) is 0.763. The third-order valence-corrected chi connectivity index (χ3v) is 5.13. The largest absolute Gasteiger partial charge is 0.491 e. The lowest BCUT2D eigenvalue weighted by molar-refractivity contribution is 0.00520. The highest BCUT2D eigenvalue weighted by Crippen LogP contribution is 2.27. The van der Waals surface area contributed by atoms with Gasteiger partial charge in [0.15, 0.2) is 5.69 Å². The Kier molecular flexibility index (Phi) is 6.34. The Labute approximate surface area is 166 Å². The third kappa shape index (κ3) is 4.70. The fraction of sp³-hybridized carbons (Fsp3) is 0.571. The normalized spacial score (nSPS) is 16.2. The van der Waals surface area contributed by atoms with Crippen LogP contribution in [0.1, 0.15) is 69.1 Å². The Balaban J connectivity index is 1.73. The Hall–Kier alpha value is -2.41. The molecule has 0 unspecified atom stereocenters. The van der Waals surface area contributed by atoms with E-state index in [0.717, 1.165) is 49.2 Å². The van der Waals surface area contributed by atoms with E-state index in [-0.39, 0.29) is 18.6 Å². The average molecular weight is 386 g/mol. The molecule has 1 aromatic heterocycles. The van der Waals surface area contributed by atoms with Crippen molar-refractivity contribution in [2.75, 3.05) is 6.54 Å². The van der Waals surface area contributed by atoms with Crippen molar-refractivity contribution in [2.45, 2.75) is 71.0 Å². The lowest BCUT2D eigenvalue weighted by Crippen LogP contribution is -2.44. The van der Waals surface area contributed by atoms with Gasteiger partial charge >= 0.3 is 0 Å². The molecule has 0 radical (unpaired) electrons. The van der Waals surface area contributed by atoms with Gasteiger partial charge in [0.05, 0.1) is 23.1 Å². The van der Waals surface area contributed by atoms with Gasteiger partial charge in [0, 0.05) is 6.54 Å². The van der Waals surface area contributed by atoms with Crippen LogP contribution >= 0.6 is 0 Å². The van der Waals surface area contributed by atoms with E-state index in [1.54, 1.807) is 4.68 Å². The van der Waals surface area contributed by atoms with Crippen molar-refractivity contribution in [2.24, 2.45) is 0 Å². The zero-order valence-corrected chi connectivity index (χ0v) is 16.9. The predicted molar refractivity (Wildman–Crippen MR) is 107 cm³/mol. The summed E-state index contributed by atoms with van der Waals surface area (Å²) in [6, 6.07) is 7.57. The second kappa shape index (κ2) is 8.73. The number of aliphatic hydroxyl groups is 1. The summed E-state index contributed by atoms with van der Waals surface area (Å²) in [4.78, 5) is 12.7. The molecule has 1 heterocycles. The summed E-state index contributed by atoms with van der Waals surface area (Å²) >= 11 is 0. The van der Waals surface area contributed by atoms with E-state index in [9.17, 15) is 9.90 Å². The number of hydrogen-bond donors (Lipinski definition) is 2. The number of hydrogen-bond acceptors (Lipinski definition) is 5. The van der Waals surface area contributed by atoms with Gasteiger partial charge in [-0.05, 0) is 57.4 Å². The van der Waals surface area contributed by atoms with Crippen LogP contribution in [0, 0.1) is 0 Å². The fourth-order valence-corrected chi connectivity index (χ4v) is 3.66. The number of rotatable bonds is 7. The smallest absolute Gasteiger partial charge is 0.273 e. The number of carbonyl (C=O) groups is 1. The number of ether oxygens (including phenoxy) is 1. The SMILES string of the molecule is CCc1c(C(=O)NCC2(O)CCCCC2)nnn1-c1ccc(OC(C)C)cc1. The standard InChI is InChI=1S/C21H30N4O3/c1-4-18-19(20(26)22-14-21(27)12-6-5-7-13-21)23-24-25(18)16-8-10-17(11-9-16)28-15(2)3/h8-11,15,27H,4-7,12-14H2,1-3H3,(H,22,26). The summed E-state index contributed by atoms with van der Waals surface area (Å²) in [7, 11) is 0. The highest BCUT2D eigenvalue weighted by molar-refractivity contribution is 5.93. The first kappa shape index (κ1) is 20.3.